The third-order valence-corrected chi connectivity index (χ3v) is 5.25. The zero-order chi connectivity index (χ0) is 21.7. The van der Waals surface area contributed by atoms with Crippen LogP contribution < -0.4 is 19.5 Å². The van der Waals surface area contributed by atoms with Gasteiger partial charge in [-0.15, -0.1) is 0 Å². The molecule has 0 saturated carbocycles. The minimum atomic E-state index is -0.476. The number of amides is 2. The second-order valence-corrected chi connectivity index (χ2v) is 7.12. The number of carbonyl (C=O) groups excluding carboxylic acids is 2. The molecule has 1 N–H and O–H groups in total. The molecule has 7 nitrogen and oxygen atoms in total. The molecule has 0 fully saturated rings. The summed E-state index contributed by atoms with van der Waals surface area (Å²) in [7, 11) is 4.62. The van der Waals surface area contributed by atoms with Crippen molar-refractivity contribution in [2.45, 2.75) is 32.4 Å². The Balaban J connectivity index is 2.02. The molecular weight excluding hydrogens is 384 g/mol. The average molecular weight is 412 g/mol. The molecular formula is C23H28N2O5. The Labute approximate surface area is 176 Å². The van der Waals surface area contributed by atoms with Crippen molar-refractivity contribution >= 4 is 11.8 Å². The van der Waals surface area contributed by atoms with E-state index in [0.717, 1.165) is 17.5 Å². The highest BCUT2D eigenvalue weighted by molar-refractivity contribution is 5.98. The summed E-state index contributed by atoms with van der Waals surface area (Å²) in [6.07, 6.45) is 0.979. The molecule has 160 valence electrons. The van der Waals surface area contributed by atoms with Crippen LogP contribution in [0.2, 0.25) is 0 Å². The topological polar surface area (TPSA) is 77.1 Å². The summed E-state index contributed by atoms with van der Waals surface area (Å²) in [5.74, 6) is 1.23. The van der Waals surface area contributed by atoms with Gasteiger partial charge in [0.25, 0.3) is 5.91 Å². The van der Waals surface area contributed by atoms with Crippen LogP contribution in [-0.4, -0.2) is 44.6 Å². The number of ether oxygens (including phenoxy) is 3. The predicted molar refractivity (Wildman–Crippen MR) is 113 cm³/mol. The van der Waals surface area contributed by atoms with E-state index in [1.807, 2.05) is 31.2 Å². The van der Waals surface area contributed by atoms with Crippen molar-refractivity contribution in [1.82, 2.24) is 10.2 Å². The Bertz CT molecular complexity index is 903. The van der Waals surface area contributed by atoms with Gasteiger partial charge in [0.1, 0.15) is 0 Å². The molecule has 2 amide bonds. The molecule has 1 aliphatic rings. The Hall–Kier alpha value is -3.22. The van der Waals surface area contributed by atoms with E-state index < -0.39 is 6.04 Å². The number of rotatable bonds is 9. The number of carbonyl (C=O) groups is 2. The van der Waals surface area contributed by atoms with Crippen molar-refractivity contribution < 1.29 is 23.8 Å². The maximum Gasteiger partial charge on any atom is 0.255 e. The Kier molecular flexibility index (Phi) is 6.82. The highest BCUT2D eigenvalue weighted by atomic mass is 16.5. The number of nitrogens with zero attached hydrogens (tertiary/aromatic N) is 1. The fourth-order valence-electron chi connectivity index (χ4n) is 3.74. The molecule has 2 aromatic carbocycles. The molecule has 7 heteroatoms. The lowest BCUT2D eigenvalue weighted by molar-refractivity contribution is -0.122. The van der Waals surface area contributed by atoms with E-state index in [2.05, 4.69) is 5.32 Å². The Morgan fingerprint density at radius 1 is 1.10 bits per heavy atom. The van der Waals surface area contributed by atoms with Crippen molar-refractivity contribution in [1.29, 1.82) is 0 Å². The molecule has 0 spiro atoms. The second kappa shape index (κ2) is 9.52. The van der Waals surface area contributed by atoms with E-state index in [1.54, 1.807) is 31.3 Å². The molecule has 0 radical (unpaired) electrons. The van der Waals surface area contributed by atoms with Gasteiger partial charge in [0.05, 0.1) is 33.8 Å². The summed E-state index contributed by atoms with van der Waals surface area (Å²) < 4.78 is 16.4. The lowest BCUT2D eigenvalue weighted by Crippen LogP contribution is -2.34. The highest BCUT2D eigenvalue weighted by Crippen LogP contribution is 2.42. The van der Waals surface area contributed by atoms with Gasteiger partial charge in [0.2, 0.25) is 11.7 Å². The molecule has 2 aromatic rings. The van der Waals surface area contributed by atoms with Crippen LogP contribution in [-0.2, 0) is 11.3 Å². The fraction of sp³-hybridized carbons (Fsp3) is 0.391. The highest BCUT2D eigenvalue weighted by Gasteiger charge is 2.35. The van der Waals surface area contributed by atoms with Crippen molar-refractivity contribution in [2.24, 2.45) is 0 Å². The van der Waals surface area contributed by atoms with Crippen LogP contribution in [0.3, 0.4) is 0 Å². The lowest BCUT2D eigenvalue weighted by Gasteiger charge is -2.29. The molecule has 0 bridgehead atoms. The van der Waals surface area contributed by atoms with Gasteiger partial charge < -0.3 is 24.4 Å². The number of fused-ring (bicyclic) bond motifs is 1. The van der Waals surface area contributed by atoms with Crippen LogP contribution in [0.15, 0.2) is 36.4 Å². The van der Waals surface area contributed by atoms with Crippen molar-refractivity contribution in [3.63, 3.8) is 0 Å². The van der Waals surface area contributed by atoms with Gasteiger partial charge in [-0.1, -0.05) is 25.1 Å². The number of hydrogen-bond acceptors (Lipinski definition) is 5. The standard InChI is InChI=1S/C23H28N2O5/c1-5-10-24-21(26)13-18(25-14-15-8-6-7-9-17(15)23(25)27)16-11-19(28-2)22(30-4)20(12-16)29-3/h6-9,11-12,18H,5,10,13-14H2,1-4H3,(H,24,26). The first kappa shape index (κ1) is 21.5. The van der Waals surface area contributed by atoms with Gasteiger partial charge in [0.15, 0.2) is 11.5 Å². The normalized spacial score (nSPS) is 13.6. The maximum atomic E-state index is 13.1. The first-order chi connectivity index (χ1) is 14.5. The molecule has 1 heterocycles. The van der Waals surface area contributed by atoms with Gasteiger partial charge in [-0.05, 0) is 35.7 Å². The van der Waals surface area contributed by atoms with Gasteiger partial charge in [-0.3, -0.25) is 9.59 Å². The van der Waals surface area contributed by atoms with E-state index in [0.29, 0.717) is 35.9 Å². The van der Waals surface area contributed by atoms with E-state index in [4.69, 9.17) is 14.2 Å². The third-order valence-electron chi connectivity index (χ3n) is 5.25. The van der Waals surface area contributed by atoms with E-state index >= 15 is 0 Å². The summed E-state index contributed by atoms with van der Waals surface area (Å²) in [5.41, 5.74) is 2.37. The molecule has 0 aromatic heterocycles. The number of nitrogens with one attached hydrogen (secondary N) is 1. The molecule has 3 rings (SSSR count). The molecule has 0 saturated heterocycles. The van der Waals surface area contributed by atoms with Crippen molar-refractivity contribution in [3.05, 3.63) is 53.1 Å². The predicted octanol–water partition coefficient (Wildman–Crippen LogP) is 3.33. The van der Waals surface area contributed by atoms with E-state index in [1.165, 1.54) is 7.11 Å². The Morgan fingerprint density at radius 3 is 2.33 bits per heavy atom. The third kappa shape index (κ3) is 4.20. The fourth-order valence-corrected chi connectivity index (χ4v) is 3.74. The summed E-state index contributed by atoms with van der Waals surface area (Å²) in [6.45, 7) is 3.03. The maximum absolute atomic E-state index is 13.1. The quantitative estimate of drug-likeness (QED) is 0.684. The average Bonchev–Trinajstić information content (AvgIpc) is 3.11. The zero-order valence-electron chi connectivity index (χ0n) is 17.9. The largest absolute Gasteiger partial charge is 0.493 e. The monoisotopic (exact) mass is 412 g/mol. The summed E-state index contributed by atoms with van der Waals surface area (Å²) in [5, 5.41) is 2.91. The number of hydrogen-bond donors (Lipinski definition) is 1. The summed E-state index contributed by atoms with van der Waals surface area (Å²) in [6, 6.07) is 10.7. The lowest BCUT2D eigenvalue weighted by atomic mass is 10.00. The minimum absolute atomic E-state index is 0.0901. The van der Waals surface area contributed by atoms with Gasteiger partial charge in [-0.2, -0.15) is 0 Å². The van der Waals surface area contributed by atoms with Crippen LogP contribution in [0, 0.1) is 0 Å². The zero-order valence-corrected chi connectivity index (χ0v) is 17.9. The minimum Gasteiger partial charge on any atom is -0.493 e. The first-order valence-electron chi connectivity index (χ1n) is 9.99. The van der Waals surface area contributed by atoms with E-state index in [-0.39, 0.29) is 18.2 Å². The molecule has 0 aliphatic carbocycles. The first-order valence-corrected chi connectivity index (χ1v) is 9.99. The van der Waals surface area contributed by atoms with Gasteiger partial charge >= 0.3 is 0 Å². The van der Waals surface area contributed by atoms with E-state index in [9.17, 15) is 9.59 Å². The summed E-state index contributed by atoms with van der Waals surface area (Å²) in [4.78, 5) is 27.5. The van der Waals surface area contributed by atoms with Gasteiger partial charge in [-0.25, -0.2) is 0 Å². The van der Waals surface area contributed by atoms with Crippen molar-refractivity contribution in [3.8, 4) is 17.2 Å². The summed E-state index contributed by atoms with van der Waals surface area (Å²) >= 11 is 0. The van der Waals surface area contributed by atoms with Crippen LogP contribution in [0.25, 0.3) is 0 Å². The number of benzene rings is 2. The number of methoxy groups -OCH3 is 3. The molecule has 1 aliphatic heterocycles. The Morgan fingerprint density at radius 2 is 1.77 bits per heavy atom. The van der Waals surface area contributed by atoms with Crippen LogP contribution in [0.4, 0.5) is 0 Å². The van der Waals surface area contributed by atoms with Crippen molar-refractivity contribution in [2.75, 3.05) is 27.9 Å². The van der Waals surface area contributed by atoms with Crippen LogP contribution >= 0.6 is 0 Å². The van der Waals surface area contributed by atoms with Crippen LogP contribution in [0.1, 0.15) is 47.3 Å². The molecule has 30 heavy (non-hydrogen) atoms. The van der Waals surface area contributed by atoms with Crippen LogP contribution in [0.5, 0.6) is 17.2 Å². The smallest absolute Gasteiger partial charge is 0.255 e. The SMILES string of the molecule is CCCNC(=O)CC(c1cc(OC)c(OC)c(OC)c1)N1Cc2ccccc2C1=O. The van der Waals surface area contributed by atoms with Gasteiger partial charge in [0, 0.05) is 18.7 Å². The molecule has 1 atom stereocenters. The second-order valence-electron chi connectivity index (χ2n) is 7.12. The molecule has 1 unspecified atom stereocenters.